The maximum Gasteiger partial charge on any atom is 0.126 e. The minimum absolute atomic E-state index is 0.218. The van der Waals surface area contributed by atoms with Gasteiger partial charge in [-0.05, 0) is 18.6 Å². The third-order valence-electron chi connectivity index (χ3n) is 1.81. The number of rotatable bonds is 4. The van der Waals surface area contributed by atoms with E-state index in [1.807, 2.05) is 12.2 Å². The lowest BCUT2D eigenvalue weighted by Crippen LogP contribution is -1.83. The zero-order valence-corrected chi connectivity index (χ0v) is 8.79. The third kappa shape index (κ3) is 2.96. The Bertz CT molecular complexity index is 321. The van der Waals surface area contributed by atoms with Crippen LogP contribution in [0.5, 0.6) is 11.5 Å². The van der Waals surface area contributed by atoms with Crippen LogP contribution in [0.1, 0.15) is 12.0 Å². The van der Waals surface area contributed by atoms with E-state index in [1.165, 1.54) is 0 Å². The standard InChI is InChI=1S/C11H13ClO2/c1-14-10-6-5-9(11(13)8-10)4-2-3-7-12/h2,4-6,8,13H,3,7H2,1H3. The van der Waals surface area contributed by atoms with E-state index in [4.69, 9.17) is 16.3 Å². The van der Waals surface area contributed by atoms with Gasteiger partial charge in [-0.15, -0.1) is 11.6 Å². The quantitative estimate of drug-likeness (QED) is 0.778. The number of phenolic OH excluding ortho intramolecular Hbond substituents is 1. The molecule has 2 nitrogen and oxygen atoms in total. The van der Waals surface area contributed by atoms with Gasteiger partial charge in [0.2, 0.25) is 0 Å². The molecule has 14 heavy (non-hydrogen) atoms. The van der Waals surface area contributed by atoms with Crippen LogP contribution in [0.2, 0.25) is 0 Å². The first-order chi connectivity index (χ1) is 6.77. The Morgan fingerprint density at radius 1 is 1.50 bits per heavy atom. The Kier molecular flexibility index (Phi) is 4.33. The molecule has 76 valence electrons. The lowest BCUT2D eigenvalue weighted by Gasteiger charge is -2.02. The van der Waals surface area contributed by atoms with Crippen molar-refractivity contribution < 1.29 is 9.84 Å². The fourth-order valence-corrected chi connectivity index (χ4v) is 1.19. The van der Waals surface area contributed by atoms with Crippen LogP contribution in [-0.4, -0.2) is 18.1 Å². The number of phenols is 1. The molecule has 0 heterocycles. The summed E-state index contributed by atoms with van der Waals surface area (Å²) in [7, 11) is 1.57. The van der Waals surface area contributed by atoms with Crippen LogP contribution in [0.15, 0.2) is 24.3 Å². The second-order valence-electron chi connectivity index (χ2n) is 2.80. The predicted octanol–water partition coefficient (Wildman–Crippen LogP) is 3.04. The molecule has 0 aliphatic rings. The number of benzene rings is 1. The first-order valence-electron chi connectivity index (χ1n) is 4.37. The highest BCUT2D eigenvalue weighted by molar-refractivity contribution is 6.17. The normalized spacial score (nSPS) is 10.7. The van der Waals surface area contributed by atoms with Crippen LogP contribution in [0.3, 0.4) is 0 Å². The summed E-state index contributed by atoms with van der Waals surface area (Å²) < 4.78 is 4.97. The number of aromatic hydroxyl groups is 1. The first kappa shape index (κ1) is 10.9. The monoisotopic (exact) mass is 212 g/mol. The van der Waals surface area contributed by atoms with Crippen LogP contribution < -0.4 is 4.74 Å². The molecule has 0 atom stereocenters. The van der Waals surface area contributed by atoms with Crippen LogP contribution in [-0.2, 0) is 0 Å². The van der Waals surface area contributed by atoms with Crippen molar-refractivity contribution >= 4 is 17.7 Å². The molecule has 1 aromatic carbocycles. The molecular formula is C11H13ClO2. The maximum atomic E-state index is 9.56. The van der Waals surface area contributed by atoms with Gasteiger partial charge < -0.3 is 9.84 Å². The second kappa shape index (κ2) is 5.55. The lowest BCUT2D eigenvalue weighted by molar-refractivity contribution is 0.407. The molecule has 0 saturated heterocycles. The van der Waals surface area contributed by atoms with Crippen molar-refractivity contribution in [2.45, 2.75) is 6.42 Å². The average molecular weight is 213 g/mol. The van der Waals surface area contributed by atoms with E-state index in [0.29, 0.717) is 11.6 Å². The summed E-state index contributed by atoms with van der Waals surface area (Å²) in [5.41, 5.74) is 0.774. The fraction of sp³-hybridized carbons (Fsp3) is 0.273. The van der Waals surface area contributed by atoms with Crippen molar-refractivity contribution in [2.24, 2.45) is 0 Å². The van der Waals surface area contributed by atoms with E-state index in [9.17, 15) is 5.11 Å². The smallest absolute Gasteiger partial charge is 0.126 e. The highest BCUT2D eigenvalue weighted by atomic mass is 35.5. The Morgan fingerprint density at radius 3 is 2.86 bits per heavy atom. The highest BCUT2D eigenvalue weighted by Crippen LogP contribution is 2.24. The van der Waals surface area contributed by atoms with Gasteiger partial charge in [0.05, 0.1) is 7.11 Å². The van der Waals surface area contributed by atoms with Gasteiger partial charge in [-0.25, -0.2) is 0 Å². The third-order valence-corrected chi connectivity index (χ3v) is 2.03. The van der Waals surface area contributed by atoms with Crippen molar-refractivity contribution in [1.82, 2.24) is 0 Å². The first-order valence-corrected chi connectivity index (χ1v) is 4.91. The predicted molar refractivity (Wildman–Crippen MR) is 59.0 cm³/mol. The van der Waals surface area contributed by atoms with E-state index < -0.39 is 0 Å². The van der Waals surface area contributed by atoms with Gasteiger partial charge in [0, 0.05) is 17.5 Å². The van der Waals surface area contributed by atoms with Crippen LogP contribution >= 0.6 is 11.6 Å². The van der Waals surface area contributed by atoms with Gasteiger partial charge in [0.1, 0.15) is 11.5 Å². The zero-order valence-electron chi connectivity index (χ0n) is 8.03. The second-order valence-corrected chi connectivity index (χ2v) is 3.18. The molecule has 0 radical (unpaired) electrons. The zero-order chi connectivity index (χ0) is 10.4. The number of hydrogen-bond acceptors (Lipinski definition) is 2. The minimum atomic E-state index is 0.218. The number of allylic oxidation sites excluding steroid dienone is 1. The molecule has 0 unspecified atom stereocenters. The van der Waals surface area contributed by atoms with Gasteiger partial charge in [0.25, 0.3) is 0 Å². The molecule has 0 fully saturated rings. The largest absolute Gasteiger partial charge is 0.507 e. The van der Waals surface area contributed by atoms with E-state index in [1.54, 1.807) is 25.3 Å². The summed E-state index contributed by atoms with van der Waals surface area (Å²) in [6, 6.07) is 5.19. The van der Waals surface area contributed by atoms with E-state index in [2.05, 4.69) is 0 Å². The summed E-state index contributed by atoms with van der Waals surface area (Å²) in [6.07, 6.45) is 4.57. The minimum Gasteiger partial charge on any atom is -0.507 e. The SMILES string of the molecule is COc1ccc(C=CCCCl)c(O)c1. The highest BCUT2D eigenvalue weighted by Gasteiger charge is 1.98. The van der Waals surface area contributed by atoms with E-state index in [-0.39, 0.29) is 5.75 Å². The topological polar surface area (TPSA) is 29.5 Å². The van der Waals surface area contributed by atoms with Crippen molar-refractivity contribution in [3.05, 3.63) is 29.8 Å². The van der Waals surface area contributed by atoms with Gasteiger partial charge in [-0.3, -0.25) is 0 Å². The Hall–Kier alpha value is -1.15. The van der Waals surface area contributed by atoms with Gasteiger partial charge >= 0.3 is 0 Å². The van der Waals surface area contributed by atoms with Crippen LogP contribution in [0, 0.1) is 0 Å². The van der Waals surface area contributed by atoms with Crippen molar-refractivity contribution in [3.63, 3.8) is 0 Å². The van der Waals surface area contributed by atoms with E-state index >= 15 is 0 Å². The van der Waals surface area contributed by atoms with Crippen molar-refractivity contribution in [1.29, 1.82) is 0 Å². The molecule has 0 bridgehead atoms. The van der Waals surface area contributed by atoms with Crippen molar-refractivity contribution in [2.75, 3.05) is 13.0 Å². The molecule has 1 rings (SSSR count). The number of alkyl halides is 1. The van der Waals surface area contributed by atoms with Crippen molar-refractivity contribution in [3.8, 4) is 11.5 Å². The lowest BCUT2D eigenvalue weighted by atomic mass is 10.1. The molecule has 0 spiro atoms. The fourth-order valence-electron chi connectivity index (χ4n) is 1.06. The summed E-state index contributed by atoms with van der Waals surface area (Å²) in [5, 5.41) is 9.56. The summed E-state index contributed by atoms with van der Waals surface area (Å²) in [6.45, 7) is 0. The average Bonchev–Trinajstić information content (AvgIpc) is 2.20. The molecule has 3 heteroatoms. The maximum absolute atomic E-state index is 9.56. The molecule has 0 amide bonds. The molecule has 0 aromatic heterocycles. The van der Waals surface area contributed by atoms with Gasteiger partial charge in [-0.1, -0.05) is 12.2 Å². The van der Waals surface area contributed by atoms with Crippen LogP contribution in [0.4, 0.5) is 0 Å². The molecule has 0 aliphatic carbocycles. The molecule has 1 aromatic rings. The molecule has 0 aliphatic heterocycles. The Morgan fingerprint density at radius 2 is 2.29 bits per heavy atom. The van der Waals surface area contributed by atoms with Gasteiger partial charge in [-0.2, -0.15) is 0 Å². The molecule has 1 N–H and O–H groups in total. The van der Waals surface area contributed by atoms with E-state index in [0.717, 1.165) is 12.0 Å². The number of hydrogen-bond donors (Lipinski definition) is 1. The van der Waals surface area contributed by atoms with Gasteiger partial charge in [0.15, 0.2) is 0 Å². The number of ether oxygens (including phenoxy) is 1. The number of methoxy groups -OCH3 is 1. The summed E-state index contributed by atoms with van der Waals surface area (Å²) in [5.74, 6) is 1.46. The molecular weight excluding hydrogens is 200 g/mol. The van der Waals surface area contributed by atoms with Crippen LogP contribution in [0.25, 0.3) is 6.08 Å². The Balaban J connectivity index is 2.78. The summed E-state index contributed by atoms with van der Waals surface area (Å²) >= 11 is 5.52. The summed E-state index contributed by atoms with van der Waals surface area (Å²) in [4.78, 5) is 0. The Labute approximate surface area is 88.8 Å². The number of halogens is 1. The molecule has 0 saturated carbocycles.